The molecule has 0 aromatic rings. The Morgan fingerprint density at radius 1 is 1.73 bits per heavy atom. The lowest BCUT2D eigenvalue weighted by atomic mass is 10.4. The van der Waals surface area contributed by atoms with E-state index < -0.39 is 12.1 Å². The zero-order valence-corrected chi connectivity index (χ0v) is 6.32. The van der Waals surface area contributed by atoms with Crippen LogP contribution in [0.2, 0.25) is 0 Å². The molecule has 1 fully saturated rings. The third kappa shape index (κ3) is 2.86. The van der Waals surface area contributed by atoms with Crippen molar-refractivity contribution in [2.24, 2.45) is 11.7 Å². The number of hydrogen-bond donors (Lipinski definition) is 2. The van der Waals surface area contributed by atoms with E-state index in [4.69, 9.17) is 15.6 Å². The molecule has 0 radical (unpaired) electrons. The molecule has 11 heavy (non-hydrogen) atoms. The van der Waals surface area contributed by atoms with Crippen LogP contribution < -0.4 is 5.73 Å². The minimum absolute atomic E-state index is 0.0660. The highest BCUT2D eigenvalue weighted by molar-refractivity contribution is 5.74. The van der Waals surface area contributed by atoms with E-state index in [1.807, 2.05) is 0 Å². The molecule has 0 heterocycles. The van der Waals surface area contributed by atoms with Crippen molar-refractivity contribution in [1.82, 2.24) is 0 Å². The van der Waals surface area contributed by atoms with Crippen molar-refractivity contribution in [1.29, 1.82) is 0 Å². The van der Waals surface area contributed by atoms with Gasteiger partial charge in [-0.2, -0.15) is 0 Å². The van der Waals surface area contributed by atoms with E-state index >= 15 is 0 Å². The molecule has 64 valence electrons. The maximum Gasteiger partial charge on any atom is 0.336 e. The van der Waals surface area contributed by atoms with E-state index in [1.54, 1.807) is 0 Å². The van der Waals surface area contributed by atoms with E-state index in [0.29, 0.717) is 12.5 Å². The van der Waals surface area contributed by atoms with Gasteiger partial charge in [0.05, 0.1) is 6.61 Å². The van der Waals surface area contributed by atoms with E-state index in [2.05, 4.69) is 0 Å². The van der Waals surface area contributed by atoms with E-state index in [0.717, 1.165) is 12.8 Å². The summed E-state index contributed by atoms with van der Waals surface area (Å²) < 4.78 is 4.75. The molecule has 1 aliphatic rings. The highest BCUT2D eigenvalue weighted by Gasteiger charge is 2.24. The largest absolute Gasteiger partial charge is 0.463 e. The van der Waals surface area contributed by atoms with Crippen LogP contribution >= 0.6 is 0 Å². The second-order valence-corrected chi connectivity index (χ2v) is 2.82. The number of esters is 1. The summed E-state index contributed by atoms with van der Waals surface area (Å²) in [5.74, 6) is -0.0664. The molecule has 1 aliphatic carbocycles. The quantitative estimate of drug-likeness (QED) is 0.530. The smallest absolute Gasteiger partial charge is 0.336 e. The summed E-state index contributed by atoms with van der Waals surface area (Å²) >= 11 is 0. The topological polar surface area (TPSA) is 72.5 Å². The monoisotopic (exact) mass is 159 g/mol. The van der Waals surface area contributed by atoms with Crippen molar-refractivity contribution in [3.8, 4) is 0 Å². The lowest BCUT2D eigenvalue weighted by molar-refractivity contribution is -0.153. The summed E-state index contributed by atoms with van der Waals surface area (Å²) in [5.41, 5.74) is 5.04. The number of carbonyl (C=O) groups is 1. The molecule has 3 N–H and O–H groups in total. The maximum atomic E-state index is 10.8. The fourth-order valence-electron chi connectivity index (χ4n) is 0.677. The first-order valence-electron chi connectivity index (χ1n) is 3.79. The van der Waals surface area contributed by atoms with Gasteiger partial charge in [-0.15, -0.1) is 0 Å². The predicted octanol–water partition coefficient (Wildman–Crippen LogP) is -0.741. The highest BCUT2D eigenvalue weighted by Crippen LogP contribution is 2.28. The molecule has 0 aromatic carbocycles. The van der Waals surface area contributed by atoms with Gasteiger partial charge in [0.2, 0.25) is 0 Å². The molecular weight excluding hydrogens is 146 g/mol. The van der Waals surface area contributed by atoms with Crippen LogP contribution in [-0.4, -0.2) is 30.3 Å². The van der Waals surface area contributed by atoms with E-state index in [1.165, 1.54) is 0 Å². The number of ether oxygens (including phenoxy) is 1. The molecule has 0 amide bonds. The molecule has 1 saturated carbocycles. The van der Waals surface area contributed by atoms with Crippen molar-refractivity contribution >= 4 is 5.97 Å². The summed E-state index contributed by atoms with van der Waals surface area (Å²) in [5, 5.41) is 8.86. The van der Waals surface area contributed by atoms with E-state index in [9.17, 15) is 4.79 Å². The summed E-state index contributed by atoms with van der Waals surface area (Å²) in [7, 11) is 0. The number of aliphatic hydroxyl groups is 1. The normalized spacial score (nSPS) is 19.5. The van der Waals surface area contributed by atoms with Gasteiger partial charge in [0.1, 0.15) is 0 Å². The molecule has 0 aliphatic heterocycles. The molecule has 1 rings (SSSR count). The third-order valence-electron chi connectivity index (χ3n) is 1.65. The van der Waals surface area contributed by atoms with Crippen LogP contribution in [0.25, 0.3) is 0 Å². The molecular formula is C7H13NO3. The van der Waals surface area contributed by atoms with Crippen LogP contribution in [0.5, 0.6) is 0 Å². The van der Waals surface area contributed by atoms with Gasteiger partial charge in [-0.05, 0) is 18.8 Å². The Balaban J connectivity index is 2.08. The number of rotatable bonds is 4. The summed E-state index contributed by atoms with van der Waals surface area (Å²) in [6, 6.07) is 0. The lowest BCUT2D eigenvalue weighted by Crippen LogP contribution is -2.31. The first-order valence-corrected chi connectivity index (χ1v) is 3.79. The summed E-state index contributed by atoms with van der Waals surface area (Å²) in [6.45, 7) is 0.374. The van der Waals surface area contributed by atoms with Gasteiger partial charge >= 0.3 is 5.97 Å². The first kappa shape index (κ1) is 8.49. The number of aliphatic hydroxyl groups excluding tert-OH is 1. The molecule has 0 aromatic heterocycles. The van der Waals surface area contributed by atoms with Crippen molar-refractivity contribution in [3.05, 3.63) is 0 Å². The Hall–Kier alpha value is -0.610. The average molecular weight is 159 g/mol. The number of hydrogen-bond acceptors (Lipinski definition) is 4. The molecule has 1 atom stereocenters. The van der Waals surface area contributed by atoms with E-state index in [-0.39, 0.29) is 6.54 Å². The zero-order chi connectivity index (χ0) is 8.27. The molecule has 0 spiro atoms. The van der Waals surface area contributed by atoms with Gasteiger partial charge in [0, 0.05) is 6.54 Å². The Morgan fingerprint density at radius 3 is 2.82 bits per heavy atom. The van der Waals surface area contributed by atoms with Crippen LogP contribution in [0, 0.1) is 5.92 Å². The Morgan fingerprint density at radius 2 is 2.36 bits per heavy atom. The average Bonchev–Trinajstić information content (AvgIpc) is 2.81. The second-order valence-electron chi connectivity index (χ2n) is 2.82. The van der Waals surface area contributed by atoms with Gasteiger partial charge < -0.3 is 15.6 Å². The van der Waals surface area contributed by atoms with Gasteiger partial charge in [0.15, 0.2) is 6.10 Å². The number of nitrogens with two attached hydrogens (primary N) is 1. The Labute approximate surface area is 65.3 Å². The summed E-state index contributed by atoms with van der Waals surface area (Å²) in [6.07, 6.45) is 1.12. The molecule has 4 nitrogen and oxygen atoms in total. The first-order chi connectivity index (χ1) is 5.24. The maximum absolute atomic E-state index is 10.8. The van der Waals surface area contributed by atoms with Crippen LogP contribution in [0.1, 0.15) is 12.8 Å². The number of carbonyl (C=O) groups excluding carboxylic acids is 1. The highest BCUT2D eigenvalue weighted by atomic mass is 16.5. The summed E-state index contributed by atoms with van der Waals surface area (Å²) in [4.78, 5) is 10.8. The van der Waals surface area contributed by atoms with Crippen LogP contribution in [0.15, 0.2) is 0 Å². The fourth-order valence-corrected chi connectivity index (χ4v) is 0.677. The zero-order valence-electron chi connectivity index (χ0n) is 6.32. The predicted molar refractivity (Wildman–Crippen MR) is 38.7 cm³/mol. The third-order valence-corrected chi connectivity index (χ3v) is 1.65. The van der Waals surface area contributed by atoms with Gasteiger partial charge in [-0.1, -0.05) is 0 Å². The van der Waals surface area contributed by atoms with Gasteiger partial charge in [-0.3, -0.25) is 0 Å². The second kappa shape index (κ2) is 3.69. The van der Waals surface area contributed by atoms with Gasteiger partial charge in [-0.25, -0.2) is 4.79 Å². The van der Waals surface area contributed by atoms with Crippen molar-refractivity contribution in [3.63, 3.8) is 0 Å². The standard InChI is InChI=1S/C7H13NO3/c8-3-6(9)7(10)11-4-5-1-2-5/h5-6,9H,1-4,8H2/t6-/m0/s1. The van der Waals surface area contributed by atoms with Crippen LogP contribution in [0.4, 0.5) is 0 Å². The SMILES string of the molecule is NC[C@H](O)C(=O)OCC1CC1. The minimum atomic E-state index is -1.14. The van der Waals surface area contributed by atoms with Crippen molar-refractivity contribution < 1.29 is 14.6 Å². The molecule has 0 unspecified atom stereocenters. The molecule has 0 saturated heterocycles. The van der Waals surface area contributed by atoms with Crippen molar-refractivity contribution in [2.75, 3.05) is 13.2 Å². The minimum Gasteiger partial charge on any atom is -0.463 e. The molecule has 0 bridgehead atoms. The van der Waals surface area contributed by atoms with Crippen LogP contribution in [-0.2, 0) is 9.53 Å². The Bertz CT molecular complexity index is 145. The fraction of sp³-hybridized carbons (Fsp3) is 0.857. The van der Waals surface area contributed by atoms with Gasteiger partial charge in [0.25, 0.3) is 0 Å². The molecule has 4 heteroatoms. The van der Waals surface area contributed by atoms with Crippen LogP contribution in [0.3, 0.4) is 0 Å². The van der Waals surface area contributed by atoms with Crippen molar-refractivity contribution in [2.45, 2.75) is 18.9 Å². The Kier molecular flexibility index (Phi) is 2.84. The lowest BCUT2D eigenvalue weighted by Gasteiger charge is -2.06.